The van der Waals surface area contributed by atoms with Crippen molar-refractivity contribution in [3.63, 3.8) is 0 Å². The molecule has 0 aliphatic carbocycles. The highest BCUT2D eigenvalue weighted by Crippen LogP contribution is 2.37. The van der Waals surface area contributed by atoms with E-state index in [1.807, 2.05) is 91.1 Å². The summed E-state index contributed by atoms with van der Waals surface area (Å²) in [6.07, 6.45) is 3.39. The Bertz CT molecular complexity index is 1480. The summed E-state index contributed by atoms with van der Waals surface area (Å²) in [5.41, 5.74) is 5.42. The van der Waals surface area contributed by atoms with Crippen molar-refractivity contribution in [3.05, 3.63) is 108 Å². The zero-order chi connectivity index (χ0) is 22.2. The Morgan fingerprint density at radius 1 is 0.879 bits per heavy atom. The van der Waals surface area contributed by atoms with Crippen LogP contribution in [0.5, 0.6) is 5.75 Å². The molecule has 0 saturated carbocycles. The average Bonchev–Trinajstić information content (AvgIpc) is 3.38. The maximum atomic E-state index is 6.49. The number of hydrogen-bond acceptors (Lipinski definition) is 5. The summed E-state index contributed by atoms with van der Waals surface area (Å²) < 4.78 is 13.7. The molecule has 6 rings (SSSR count). The van der Waals surface area contributed by atoms with Gasteiger partial charge in [-0.25, -0.2) is 9.67 Å². The van der Waals surface area contributed by atoms with E-state index in [0.29, 0.717) is 0 Å². The molecule has 6 nitrogen and oxygen atoms in total. The van der Waals surface area contributed by atoms with Gasteiger partial charge in [0, 0.05) is 28.2 Å². The summed E-state index contributed by atoms with van der Waals surface area (Å²) >= 11 is 0. The molecule has 1 unspecified atom stereocenters. The number of ether oxygens (including phenoxy) is 2. The van der Waals surface area contributed by atoms with E-state index in [1.54, 1.807) is 11.8 Å². The summed E-state index contributed by atoms with van der Waals surface area (Å²) in [7, 11) is 1.66. The summed E-state index contributed by atoms with van der Waals surface area (Å²) in [5, 5.41) is 9.79. The van der Waals surface area contributed by atoms with Crippen molar-refractivity contribution in [3.8, 4) is 17.0 Å². The number of benzene rings is 3. The maximum absolute atomic E-state index is 6.49. The summed E-state index contributed by atoms with van der Waals surface area (Å²) in [6, 6.07) is 28.0. The molecule has 0 bridgehead atoms. The van der Waals surface area contributed by atoms with Gasteiger partial charge >= 0.3 is 0 Å². The van der Waals surface area contributed by atoms with Crippen molar-refractivity contribution >= 4 is 22.7 Å². The fourth-order valence-electron chi connectivity index (χ4n) is 4.05. The molecule has 0 amide bonds. The van der Waals surface area contributed by atoms with E-state index >= 15 is 0 Å². The fraction of sp³-hybridized carbons (Fsp3) is 0.0741. The van der Waals surface area contributed by atoms with Gasteiger partial charge in [0.1, 0.15) is 17.2 Å². The molecule has 160 valence electrons. The van der Waals surface area contributed by atoms with E-state index < -0.39 is 6.23 Å². The second kappa shape index (κ2) is 7.91. The van der Waals surface area contributed by atoms with Gasteiger partial charge in [0.25, 0.3) is 0 Å². The lowest BCUT2D eigenvalue weighted by atomic mass is 10.0. The summed E-state index contributed by atoms with van der Waals surface area (Å²) in [4.78, 5) is 4.93. The van der Waals surface area contributed by atoms with Crippen LogP contribution in [0.4, 0.5) is 0 Å². The molecule has 0 fully saturated rings. The van der Waals surface area contributed by atoms with Crippen LogP contribution >= 0.6 is 0 Å². The SMILES string of the molecule is COc1ccc2nc3c(cc2c1)C(n1cc(-c2ccccc2)nn1)OC(c1ccccc1)=C3. The Hall–Kier alpha value is -4.45. The van der Waals surface area contributed by atoms with E-state index in [4.69, 9.17) is 14.5 Å². The van der Waals surface area contributed by atoms with Gasteiger partial charge in [-0.3, -0.25) is 0 Å². The Morgan fingerprint density at radius 3 is 2.39 bits per heavy atom. The molecule has 0 spiro atoms. The Labute approximate surface area is 190 Å². The van der Waals surface area contributed by atoms with Crippen LogP contribution in [0.15, 0.2) is 91.1 Å². The van der Waals surface area contributed by atoms with Crippen molar-refractivity contribution in [2.45, 2.75) is 6.23 Å². The van der Waals surface area contributed by atoms with E-state index in [0.717, 1.165) is 50.5 Å². The molecule has 3 heterocycles. The molecule has 2 aromatic heterocycles. The van der Waals surface area contributed by atoms with Crippen molar-refractivity contribution in [1.82, 2.24) is 20.0 Å². The van der Waals surface area contributed by atoms with Crippen LogP contribution in [0, 0.1) is 0 Å². The highest BCUT2D eigenvalue weighted by Gasteiger charge is 2.28. The number of aromatic nitrogens is 4. The normalized spacial score (nSPS) is 14.9. The first kappa shape index (κ1) is 19.3. The first-order chi connectivity index (χ1) is 16.3. The van der Waals surface area contributed by atoms with Gasteiger partial charge in [0.05, 0.1) is 24.5 Å². The Kier molecular flexibility index (Phi) is 4.61. The van der Waals surface area contributed by atoms with Crippen LogP contribution in [0.25, 0.3) is 34.0 Å². The van der Waals surface area contributed by atoms with Crippen molar-refractivity contribution < 1.29 is 9.47 Å². The van der Waals surface area contributed by atoms with E-state index in [1.165, 1.54) is 0 Å². The average molecular weight is 432 g/mol. The van der Waals surface area contributed by atoms with Gasteiger partial charge in [-0.05, 0) is 24.3 Å². The van der Waals surface area contributed by atoms with Gasteiger partial charge in [-0.1, -0.05) is 65.9 Å². The third-order valence-electron chi connectivity index (χ3n) is 5.73. The molecule has 1 aliphatic rings. The molecule has 5 aromatic rings. The smallest absolute Gasteiger partial charge is 0.221 e. The number of pyridine rings is 1. The minimum Gasteiger partial charge on any atom is -0.497 e. The van der Waals surface area contributed by atoms with Gasteiger partial charge < -0.3 is 9.47 Å². The van der Waals surface area contributed by atoms with Crippen LogP contribution in [-0.2, 0) is 4.74 Å². The van der Waals surface area contributed by atoms with Gasteiger partial charge in [0.15, 0.2) is 0 Å². The highest BCUT2D eigenvalue weighted by atomic mass is 16.5. The van der Waals surface area contributed by atoms with Gasteiger partial charge in [0.2, 0.25) is 6.23 Å². The molecular formula is C27H20N4O2. The predicted molar refractivity (Wildman–Crippen MR) is 127 cm³/mol. The lowest BCUT2D eigenvalue weighted by Crippen LogP contribution is -2.19. The topological polar surface area (TPSA) is 62.1 Å². The van der Waals surface area contributed by atoms with Crippen LogP contribution in [0.1, 0.15) is 23.0 Å². The molecule has 6 heteroatoms. The number of hydrogen-bond donors (Lipinski definition) is 0. The minimum atomic E-state index is -0.506. The van der Waals surface area contributed by atoms with E-state index in [-0.39, 0.29) is 0 Å². The first-order valence-corrected chi connectivity index (χ1v) is 10.7. The lowest BCUT2D eigenvalue weighted by Gasteiger charge is -2.27. The van der Waals surface area contributed by atoms with Crippen LogP contribution in [-0.4, -0.2) is 27.1 Å². The second-order valence-corrected chi connectivity index (χ2v) is 7.82. The highest BCUT2D eigenvalue weighted by molar-refractivity contribution is 5.86. The van der Waals surface area contributed by atoms with E-state index in [2.05, 4.69) is 16.4 Å². The lowest BCUT2D eigenvalue weighted by molar-refractivity contribution is 0.121. The standard InChI is InChI=1S/C27H20N4O2/c1-32-21-12-13-23-20(14-21)15-22-24(28-23)16-26(19-10-6-3-7-11-19)33-27(22)31-17-25(29-30-31)18-8-4-2-5-9-18/h2-17,27H,1H3. The molecule has 0 radical (unpaired) electrons. The maximum Gasteiger partial charge on any atom is 0.221 e. The fourth-order valence-corrected chi connectivity index (χ4v) is 4.05. The third-order valence-corrected chi connectivity index (χ3v) is 5.73. The molecule has 3 aromatic carbocycles. The zero-order valence-electron chi connectivity index (χ0n) is 17.9. The Morgan fingerprint density at radius 2 is 1.64 bits per heavy atom. The minimum absolute atomic E-state index is 0.506. The largest absolute Gasteiger partial charge is 0.497 e. The molecule has 33 heavy (non-hydrogen) atoms. The molecule has 1 atom stereocenters. The number of fused-ring (bicyclic) bond motifs is 2. The van der Waals surface area contributed by atoms with E-state index in [9.17, 15) is 0 Å². The van der Waals surface area contributed by atoms with Crippen LogP contribution in [0.3, 0.4) is 0 Å². The Balaban J connectivity index is 1.50. The van der Waals surface area contributed by atoms with Crippen molar-refractivity contribution in [2.24, 2.45) is 0 Å². The second-order valence-electron chi connectivity index (χ2n) is 7.82. The molecular weight excluding hydrogens is 412 g/mol. The number of methoxy groups -OCH3 is 1. The predicted octanol–water partition coefficient (Wildman–Crippen LogP) is 5.58. The molecule has 1 aliphatic heterocycles. The van der Waals surface area contributed by atoms with Crippen LogP contribution < -0.4 is 4.74 Å². The van der Waals surface area contributed by atoms with Gasteiger partial charge in [-0.2, -0.15) is 0 Å². The van der Waals surface area contributed by atoms with Gasteiger partial charge in [-0.15, -0.1) is 5.10 Å². The number of nitrogens with zero attached hydrogens (tertiary/aromatic N) is 4. The van der Waals surface area contributed by atoms with Crippen molar-refractivity contribution in [1.29, 1.82) is 0 Å². The zero-order valence-corrected chi connectivity index (χ0v) is 17.9. The number of rotatable bonds is 4. The monoisotopic (exact) mass is 432 g/mol. The van der Waals surface area contributed by atoms with Crippen LogP contribution in [0.2, 0.25) is 0 Å². The first-order valence-electron chi connectivity index (χ1n) is 10.7. The quantitative estimate of drug-likeness (QED) is 0.371. The summed E-state index contributed by atoms with van der Waals surface area (Å²) in [5.74, 6) is 1.52. The molecule has 0 N–H and O–H groups in total. The summed E-state index contributed by atoms with van der Waals surface area (Å²) in [6.45, 7) is 0. The van der Waals surface area contributed by atoms with Crippen molar-refractivity contribution in [2.75, 3.05) is 7.11 Å². The molecule has 0 saturated heterocycles. The third kappa shape index (κ3) is 3.51.